The minimum Gasteiger partial charge on any atom is -0.462 e. The molecule has 1 atom stereocenters. The average molecular weight is 372 g/mol. The second-order valence-electron chi connectivity index (χ2n) is 6.25. The summed E-state index contributed by atoms with van der Waals surface area (Å²) in [5.41, 5.74) is 3.07. The van der Waals surface area contributed by atoms with Crippen molar-refractivity contribution in [2.75, 3.05) is 11.9 Å². The van der Waals surface area contributed by atoms with E-state index in [0.717, 1.165) is 5.56 Å². The van der Waals surface area contributed by atoms with Crippen LogP contribution in [0.4, 0.5) is 5.69 Å². The summed E-state index contributed by atoms with van der Waals surface area (Å²) < 4.78 is 10.3. The third kappa shape index (κ3) is 4.75. The van der Waals surface area contributed by atoms with Crippen molar-refractivity contribution in [1.82, 2.24) is 4.98 Å². The van der Waals surface area contributed by atoms with Gasteiger partial charge in [-0.2, -0.15) is 0 Å². The molecule has 2 aromatic rings. The number of benzene rings is 1. The van der Waals surface area contributed by atoms with Crippen LogP contribution in [0.25, 0.3) is 0 Å². The van der Waals surface area contributed by atoms with Gasteiger partial charge in [-0.05, 0) is 52.3 Å². The third-order valence-corrected chi connectivity index (χ3v) is 4.09. The molecule has 0 aliphatic heterocycles. The first-order chi connectivity index (χ1) is 12.7. The average Bonchev–Trinajstić information content (AvgIpc) is 2.91. The Hall–Kier alpha value is -3.09. The van der Waals surface area contributed by atoms with Gasteiger partial charge in [0.2, 0.25) is 0 Å². The number of nitrogens with one attached hydrogen (secondary N) is 2. The van der Waals surface area contributed by atoms with E-state index in [1.807, 2.05) is 19.1 Å². The number of H-pyrrole nitrogens is 1. The lowest BCUT2D eigenvalue weighted by Gasteiger charge is -2.13. The number of ether oxygens (including phenoxy) is 2. The van der Waals surface area contributed by atoms with Crippen molar-refractivity contribution >= 4 is 23.5 Å². The number of amides is 1. The van der Waals surface area contributed by atoms with Crippen LogP contribution in [0.2, 0.25) is 0 Å². The Bertz CT molecular complexity index is 852. The minimum absolute atomic E-state index is 0.130. The summed E-state index contributed by atoms with van der Waals surface area (Å²) in [6.45, 7) is 8.67. The number of hydrogen-bond donors (Lipinski definition) is 2. The van der Waals surface area contributed by atoms with Crippen molar-refractivity contribution in [3.8, 4) is 0 Å². The second-order valence-corrected chi connectivity index (χ2v) is 6.25. The van der Waals surface area contributed by atoms with Gasteiger partial charge in [-0.25, -0.2) is 9.59 Å². The quantitative estimate of drug-likeness (QED) is 0.758. The van der Waals surface area contributed by atoms with Gasteiger partial charge in [0.05, 0.1) is 12.2 Å². The van der Waals surface area contributed by atoms with Crippen LogP contribution in [0, 0.1) is 20.8 Å². The summed E-state index contributed by atoms with van der Waals surface area (Å²) in [6, 6.07) is 7.28. The maximum absolute atomic E-state index is 12.4. The molecular formula is C20H24N2O5. The number of carbonyl (C=O) groups excluding carboxylic acids is 3. The summed E-state index contributed by atoms with van der Waals surface area (Å²) in [4.78, 5) is 39.5. The van der Waals surface area contributed by atoms with E-state index < -0.39 is 23.9 Å². The van der Waals surface area contributed by atoms with Gasteiger partial charge in [0.1, 0.15) is 5.69 Å². The van der Waals surface area contributed by atoms with Crippen molar-refractivity contribution in [3.63, 3.8) is 0 Å². The fraction of sp³-hybridized carbons (Fsp3) is 0.350. The fourth-order valence-electron chi connectivity index (χ4n) is 2.62. The number of esters is 2. The molecule has 0 unspecified atom stereocenters. The van der Waals surface area contributed by atoms with E-state index in [9.17, 15) is 14.4 Å². The van der Waals surface area contributed by atoms with Crippen LogP contribution in [0.3, 0.4) is 0 Å². The predicted molar refractivity (Wildman–Crippen MR) is 101 cm³/mol. The molecule has 1 amide bonds. The zero-order valence-electron chi connectivity index (χ0n) is 16.1. The van der Waals surface area contributed by atoms with E-state index >= 15 is 0 Å². The molecule has 27 heavy (non-hydrogen) atoms. The van der Waals surface area contributed by atoms with Crippen LogP contribution in [-0.4, -0.2) is 35.5 Å². The highest BCUT2D eigenvalue weighted by Gasteiger charge is 2.26. The van der Waals surface area contributed by atoms with Gasteiger partial charge in [-0.15, -0.1) is 0 Å². The molecule has 0 saturated carbocycles. The summed E-state index contributed by atoms with van der Waals surface area (Å²) in [5, 5.41) is 2.69. The third-order valence-electron chi connectivity index (χ3n) is 4.09. The smallest absolute Gasteiger partial charge is 0.355 e. The van der Waals surface area contributed by atoms with Crippen molar-refractivity contribution in [2.24, 2.45) is 0 Å². The van der Waals surface area contributed by atoms with Crippen LogP contribution in [0.1, 0.15) is 51.5 Å². The topological polar surface area (TPSA) is 97.5 Å². The lowest BCUT2D eigenvalue weighted by Crippen LogP contribution is -2.30. The first kappa shape index (κ1) is 20.2. The van der Waals surface area contributed by atoms with Gasteiger partial charge in [0, 0.05) is 11.4 Å². The Balaban J connectivity index is 2.07. The Morgan fingerprint density at radius 3 is 2.30 bits per heavy atom. The number of anilines is 1. The molecular weight excluding hydrogens is 348 g/mol. The molecule has 0 spiro atoms. The Morgan fingerprint density at radius 1 is 1.07 bits per heavy atom. The highest BCUT2D eigenvalue weighted by Crippen LogP contribution is 2.20. The largest absolute Gasteiger partial charge is 0.462 e. The predicted octanol–water partition coefficient (Wildman–Crippen LogP) is 3.30. The number of rotatable bonds is 6. The number of aromatic nitrogens is 1. The Morgan fingerprint density at radius 2 is 1.70 bits per heavy atom. The van der Waals surface area contributed by atoms with E-state index in [0.29, 0.717) is 22.5 Å². The standard InChI is InChI=1S/C20H24N2O5/c1-6-26-19(24)16-12(3)17(21-13(16)4)20(25)27-14(5)18(23)22-15-9-7-11(2)8-10-15/h7-10,14,21H,6H2,1-5H3,(H,22,23)/t14-/m0/s1. The summed E-state index contributed by atoms with van der Waals surface area (Å²) in [5.74, 6) is -1.66. The molecule has 7 heteroatoms. The Kier molecular flexibility index (Phi) is 6.39. The zero-order valence-corrected chi connectivity index (χ0v) is 16.1. The molecule has 0 bridgehead atoms. The van der Waals surface area contributed by atoms with Gasteiger partial charge in [-0.1, -0.05) is 17.7 Å². The monoisotopic (exact) mass is 372 g/mol. The van der Waals surface area contributed by atoms with Gasteiger partial charge in [0.25, 0.3) is 5.91 Å². The fourth-order valence-corrected chi connectivity index (χ4v) is 2.62. The highest BCUT2D eigenvalue weighted by atomic mass is 16.5. The lowest BCUT2D eigenvalue weighted by molar-refractivity contribution is -0.123. The van der Waals surface area contributed by atoms with Crippen LogP contribution in [0.15, 0.2) is 24.3 Å². The molecule has 0 saturated heterocycles. The molecule has 1 aromatic heterocycles. The SMILES string of the molecule is CCOC(=O)c1c(C)[nH]c(C(=O)O[C@@H](C)C(=O)Nc2ccc(C)cc2)c1C. The number of aromatic amines is 1. The van der Waals surface area contributed by atoms with Crippen molar-refractivity contribution in [2.45, 2.75) is 40.7 Å². The van der Waals surface area contributed by atoms with Gasteiger partial charge in [-0.3, -0.25) is 4.79 Å². The van der Waals surface area contributed by atoms with E-state index in [-0.39, 0.29) is 12.3 Å². The molecule has 0 aliphatic carbocycles. The van der Waals surface area contributed by atoms with Gasteiger partial charge >= 0.3 is 11.9 Å². The zero-order chi connectivity index (χ0) is 20.1. The molecule has 0 radical (unpaired) electrons. The van der Waals surface area contributed by atoms with Crippen LogP contribution in [0.5, 0.6) is 0 Å². The van der Waals surface area contributed by atoms with E-state index in [1.165, 1.54) is 6.92 Å². The van der Waals surface area contributed by atoms with Gasteiger partial charge in [0.15, 0.2) is 6.10 Å². The van der Waals surface area contributed by atoms with Crippen LogP contribution in [-0.2, 0) is 14.3 Å². The molecule has 1 heterocycles. The number of hydrogen-bond acceptors (Lipinski definition) is 5. The van der Waals surface area contributed by atoms with E-state index in [2.05, 4.69) is 10.3 Å². The summed E-state index contributed by atoms with van der Waals surface area (Å²) >= 11 is 0. The molecule has 2 N–H and O–H groups in total. The summed E-state index contributed by atoms with van der Waals surface area (Å²) in [6.07, 6.45) is -1.01. The lowest BCUT2D eigenvalue weighted by atomic mass is 10.1. The summed E-state index contributed by atoms with van der Waals surface area (Å²) in [7, 11) is 0. The van der Waals surface area contributed by atoms with Crippen molar-refractivity contribution < 1.29 is 23.9 Å². The van der Waals surface area contributed by atoms with E-state index in [4.69, 9.17) is 9.47 Å². The molecule has 144 valence electrons. The van der Waals surface area contributed by atoms with Crippen LogP contribution < -0.4 is 5.32 Å². The molecule has 7 nitrogen and oxygen atoms in total. The molecule has 1 aromatic carbocycles. The van der Waals surface area contributed by atoms with Crippen molar-refractivity contribution in [1.29, 1.82) is 0 Å². The highest BCUT2D eigenvalue weighted by molar-refractivity contribution is 6.00. The minimum atomic E-state index is -1.01. The first-order valence-electron chi connectivity index (χ1n) is 8.69. The second kappa shape index (κ2) is 8.53. The molecule has 0 aliphatic rings. The molecule has 0 fully saturated rings. The van der Waals surface area contributed by atoms with Gasteiger partial charge < -0.3 is 19.8 Å². The maximum atomic E-state index is 12.4. The normalized spacial score (nSPS) is 11.6. The van der Waals surface area contributed by atoms with Crippen LogP contribution >= 0.6 is 0 Å². The maximum Gasteiger partial charge on any atom is 0.355 e. The molecule has 2 rings (SSSR count). The van der Waals surface area contributed by atoms with E-state index in [1.54, 1.807) is 32.9 Å². The first-order valence-corrected chi connectivity index (χ1v) is 8.69. The number of carbonyl (C=O) groups is 3. The Labute approximate surface area is 158 Å². The number of aryl methyl sites for hydroxylation is 2. The van der Waals surface area contributed by atoms with Crippen molar-refractivity contribution in [3.05, 3.63) is 52.3 Å².